The summed E-state index contributed by atoms with van der Waals surface area (Å²) >= 11 is 1.66. The molecule has 1 fully saturated rings. The Bertz CT molecular complexity index is 945. The Kier molecular flexibility index (Phi) is 5.64. The van der Waals surface area contributed by atoms with Crippen LogP contribution in [-0.4, -0.2) is 9.55 Å². The van der Waals surface area contributed by atoms with E-state index in [4.69, 9.17) is 4.99 Å². The van der Waals surface area contributed by atoms with Crippen molar-refractivity contribution in [3.8, 4) is 11.3 Å². The van der Waals surface area contributed by atoms with Gasteiger partial charge >= 0.3 is 0 Å². The van der Waals surface area contributed by atoms with Crippen LogP contribution in [0.5, 0.6) is 0 Å². The third-order valence-corrected chi connectivity index (χ3v) is 6.13. The van der Waals surface area contributed by atoms with Gasteiger partial charge in [-0.15, -0.1) is 17.9 Å². The Morgan fingerprint density at radius 1 is 1.15 bits per heavy atom. The summed E-state index contributed by atoms with van der Waals surface area (Å²) in [5, 5.41) is 2.19. The van der Waals surface area contributed by atoms with Crippen molar-refractivity contribution in [2.24, 2.45) is 4.99 Å². The van der Waals surface area contributed by atoms with Crippen LogP contribution >= 0.6 is 11.3 Å². The van der Waals surface area contributed by atoms with Gasteiger partial charge < -0.3 is 4.57 Å². The summed E-state index contributed by atoms with van der Waals surface area (Å²) in [6.45, 7) is 4.66. The van der Waals surface area contributed by atoms with Crippen molar-refractivity contribution in [2.45, 2.75) is 44.6 Å². The van der Waals surface area contributed by atoms with Crippen LogP contribution in [0.25, 0.3) is 11.3 Å². The second kappa shape index (κ2) is 8.49. The smallest absolute Gasteiger partial charge is 0.190 e. The van der Waals surface area contributed by atoms with E-state index in [2.05, 4.69) is 45.8 Å². The van der Waals surface area contributed by atoms with Crippen molar-refractivity contribution >= 4 is 17.0 Å². The number of hydrogen-bond donors (Lipinski definition) is 0. The van der Waals surface area contributed by atoms with Gasteiger partial charge in [0.15, 0.2) is 4.80 Å². The van der Waals surface area contributed by atoms with Gasteiger partial charge in [-0.25, -0.2) is 4.99 Å². The van der Waals surface area contributed by atoms with Crippen LogP contribution in [0, 0.1) is 0 Å². The quantitative estimate of drug-likeness (QED) is 0.497. The molecule has 1 aliphatic carbocycles. The number of rotatable bonds is 5. The highest BCUT2D eigenvalue weighted by Gasteiger charge is 2.15. The van der Waals surface area contributed by atoms with Crippen molar-refractivity contribution < 1.29 is 0 Å². The van der Waals surface area contributed by atoms with Crippen LogP contribution in [0.1, 0.15) is 43.6 Å². The molecule has 4 rings (SSSR count). The normalized spacial score (nSPS) is 15.8. The Morgan fingerprint density at radius 3 is 2.67 bits per heavy atom. The second-order valence-electron chi connectivity index (χ2n) is 7.08. The molecule has 1 aliphatic rings. The summed E-state index contributed by atoms with van der Waals surface area (Å²) < 4.78 is 2.22. The molecule has 138 valence electrons. The molecule has 3 aromatic rings. The lowest BCUT2D eigenvalue weighted by Gasteiger charge is -2.22. The second-order valence-corrected chi connectivity index (χ2v) is 7.92. The monoisotopic (exact) mass is 375 g/mol. The van der Waals surface area contributed by atoms with Crippen LogP contribution in [0.15, 0.2) is 71.8 Å². The van der Waals surface area contributed by atoms with Crippen LogP contribution in [-0.2, 0) is 6.54 Å². The maximum Gasteiger partial charge on any atom is 0.190 e. The predicted octanol–water partition coefficient (Wildman–Crippen LogP) is 6.08. The molecule has 0 N–H and O–H groups in total. The minimum atomic E-state index is 0.738. The SMILES string of the molecule is C=CCn1c(-c2ccc(C3CCCCC3)cc2)csc1=Nc1cccnc1. The number of nitrogens with zero attached hydrogens (tertiary/aromatic N) is 3. The first-order valence-corrected chi connectivity index (χ1v) is 10.6. The summed E-state index contributed by atoms with van der Waals surface area (Å²) in [5.74, 6) is 0.742. The molecular weight excluding hydrogens is 350 g/mol. The number of thiazole rings is 1. The summed E-state index contributed by atoms with van der Waals surface area (Å²) in [5.41, 5.74) is 4.79. The van der Waals surface area contributed by atoms with E-state index in [1.54, 1.807) is 23.7 Å². The van der Waals surface area contributed by atoms with Crippen LogP contribution < -0.4 is 4.80 Å². The topological polar surface area (TPSA) is 30.2 Å². The van der Waals surface area contributed by atoms with Crippen LogP contribution in [0.4, 0.5) is 5.69 Å². The van der Waals surface area contributed by atoms with Crippen molar-refractivity contribution in [1.82, 2.24) is 9.55 Å². The van der Waals surface area contributed by atoms with E-state index >= 15 is 0 Å². The molecule has 0 amide bonds. The lowest BCUT2D eigenvalue weighted by Crippen LogP contribution is -2.14. The summed E-state index contributed by atoms with van der Waals surface area (Å²) in [4.78, 5) is 9.89. The highest BCUT2D eigenvalue weighted by molar-refractivity contribution is 7.07. The van der Waals surface area contributed by atoms with Gasteiger partial charge in [0.25, 0.3) is 0 Å². The summed E-state index contributed by atoms with van der Waals surface area (Å²) in [7, 11) is 0. The number of allylic oxidation sites excluding steroid dienone is 1. The largest absolute Gasteiger partial charge is 0.313 e. The van der Waals surface area contributed by atoms with Crippen molar-refractivity contribution in [1.29, 1.82) is 0 Å². The summed E-state index contributed by atoms with van der Waals surface area (Å²) in [6.07, 6.45) is 12.3. The van der Waals surface area contributed by atoms with E-state index in [1.807, 2.05) is 18.2 Å². The standard InChI is InChI=1S/C23H25N3S/c1-2-15-26-22(17-27-23(26)25-21-9-6-14-24-16-21)20-12-10-19(11-13-20)18-7-4-3-5-8-18/h2,6,9-14,16-18H,1,3-5,7-8,15H2. The van der Waals surface area contributed by atoms with Crippen LogP contribution in [0.2, 0.25) is 0 Å². The Morgan fingerprint density at radius 2 is 1.96 bits per heavy atom. The maximum absolute atomic E-state index is 4.77. The van der Waals surface area contributed by atoms with Crippen molar-refractivity contribution in [2.75, 3.05) is 0 Å². The molecule has 1 aromatic carbocycles. The molecule has 2 heterocycles. The van der Waals surface area contributed by atoms with Gasteiger partial charge in [-0.05, 0) is 42.0 Å². The van der Waals surface area contributed by atoms with E-state index in [1.165, 1.54) is 48.9 Å². The number of benzene rings is 1. The number of pyridine rings is 1. The number of aromatic nitrogens is 2. The zero-order chi connectivity index (χ0) is 18.5. The van der Waals surface area contributed by atoms with E-state index in [0.29, 0.717) is 0 Å². The average molecular weight is 376 g/mol. The molecule has 0 aliphatic heterocycles. The zero-order valence-electron chi connectivity index (χ0n) is 15.6. The first-order chi connectivity index (χ1) is 13.3. The van der Waals surface area contributed by atoms with E-state index < -0.39 is 0 Å². The molecule has 0 radical (unpaired) electrons. The molecule has 4 heteroatoms. The molecule has 0 bridgehead atoms. The van der Waals surface area contributed by atoms with Gasteiger partial charge in [0.1, 0.15) is 0 Å². The molecule has 3 nitrogen and oxygen atoms in total. The fourth-order valence-electron chi connectivity index (χ4n) is 3.85. The molecule has 0 atom stereocenters. The fraction of sp³-hybridized carbons (Fsp3) is 0.304. The molecule has 0 unspecified atom stereocenters. The fourth-order valence-corrected chi connectivity index (χ4v) is 4.79. The molecule has 0 saturated heterocycles. The Balaban J connectivity index is 1.67. The maximum atomic E-state index is 4.77. The lowest BCUT2D eigenvalue weighted by molar-refractivity contribution is 0.443. The third-order valence-electron chi connectivity index (χ3n) is 5.26. The van der Waals surface area contributed by atoms with Gasteiger partial charge in [0.2, 0.25) is 0 Å². The molecule has 2 aromatic heterocycles. The van der Waals surface area contributed by atoms with E-state index in [0.717, 1.165) is 23.0 Å². The van der Waals surface area contributed by atoms with Crippen molar-refractivity contribution in [3.63, 3.8) is 0 Å². The van der Waals surface area contributed by atoms with Crippen molar-refractivity contribution in [3.05, 3.63) is 77.2 Å². The average Bonchev–Trinajstić information content (AvgIpc) is 3.12. The van der Waals surface area contributed by atoms with Gasteiger partial charge in [0.05, 0.1) is 17.6 Å². The third kappa shape index (κ3) is 4.11. The molecular formula is C23H25N3S. The Labute approximate surface area is 164 Å². The van der Waals surface area contributed by atoms with Gasteiger partial charge in [-0.3, -0.25) is 4.98 Å². The summed E-state index contributed by atoms with van der Waals surface area (Å²) in [6, 6.07) is 13.1. The first kappa shape index (κ1) is 17.9. The molecule has 1 saturated carbocycles. The predicted molar refractivity (Wildman–Crippen MR) is 113 cm³/mol. The van der Waals surface area contributed by atoms with Gasteiger partial charge in [-0.2, -0.15) is 0 Å². The highest BCUT2D eigenvalue weighted by atomic mass is 32.1. The van der Waals surface area contributed by atoms with Gasteiger partial charge in [-0.1, -0.05) is 49.6 Å². The minimum Gasteiger partial charge on any atom is -0.313 e. The van der Waals surface area contributed by atoms with Crippen LogP contribution in [0.3, 0.4) is 0 Å². The molecule has 27 heavy (non-hydrogen) atoms. The van der Waals surface area contributed by atoms with Gasteiger partial charge in [0, 0.05) is 18.1 Å². The molecule has 0 spiro atoms. The number of hydrogen-bond acceptors (Lipinski definition) is 3. The van der Waals surface area contributed by atoms with E-state index in [9.17, 15) is 0 Å². The lowest BCUT2D eigenvalue weighted by atomic mass is 9.84. The van der Waals surface area contributed by atoms with E-state index in [-0.39, 0.29) is 0 Å². The highest BCUT2D eigenvalue weighted by Crippen LogP contribution is 2.33. The Hall–Kier alpha value is -2.46. The first-order valence-electron chi connectivity index (χ1n) is 9.69. The minimum absolute atomic E-state index is 0.738. The zero-order valence-corrected chi connectivity index (χ0v) is 16.4.